The lowest BCUT2D eigenvalue weighted by Crippen LogP contribution is -2.46. The van der Waals surface area contributed by atoms with Gasteiger partial charge in [-0.15, -0.1) is 0 Å². The largest absolute Gasteiger partial charge is 0.447 e. The first kappa shape index (κ1) is 14.7. The lowest BCUT2D eigenvalue weighted by Gasteiger charge is -2.15. The molecule has 2 N–H and O–H groups in total. The monoisotopic (exact) mass is 232 g/mol. The molecule has 0 rings (SSSR count). The van der Waals surface area contributed by atoms with Crippen LogP contribution in [0.1, 0.15) is 20.8 Å². The standard InChI is InChI=1S/C10H20N2O4/c1-7(2)16-10(14)12-8(3)9(13)11-5-6-15-4/h7-8H,5-6H2,1-4H3,(H,11,13)(H,12,14). The van der Waals surface area contributed by atoms with E-state index in [1.54, 1.807) is 27.9 Å². The lowest BCUT2D eigenvalue weighted by molar-refractivity contribution is -0.122. The third-order valence-corrected chi connectivity index (χ3v) is 1.68. The third kappa shape index (κ3) is 7.05. The summed E-state index contributed by atoms with van der Waals surface area (Å²) in [4.78, 5) is 22.6. The quantitative estimate of drug-likeness (QED) is 0.644. The van der Waals surface area contributed by atoms with Crippen molar-refractivity contribution in [3.63, 3.8) is 0 Å². The highest BCUT2D eigenvalue weighted by Crippen LogP contribution is 1.90. The van der Waals surface area contributed by atoms with Gasteiger partial charge in [-0.2, -0.15) is 0 Å². The number of hydrogen-bond acceptors (Lipinski definition) is 4. The van der Waals surface area contributed by atoms with E-state index in [9.17, 15) is 9.59 Å². The molecule has 16 heavy (non-hydrogen) atoms. The van der Waals surface area contributed by atoms with Gasteiger partial charge < -0.3 is 20.1 Å². The highest BCUT2D eigenvalue weighted by Gasteiger charge is 2.16. The smallest absolute Gasteiger partial charge is 0.408 e. The van der Waals surface area contributed by atoms with Gasteiger partial charge in [0.15, 0.2) is 0 Å². The van der Waals surface area contributed by atoms with Gasteiger partial charge in [0, 0.05) is 13.7 Å². The lowest BCUT2D eigenvalue weighted by atomic mass is 10.3. The molecule has 0 fully saturated rings. The average Bonchev–Trinajstić information content (AvgIpc) is 2.16. The van der Waals surface area contributed by atoms with Gasteiger partial charge in [0.05, 0.1) is 12.7 Å². The van der Waals surface area contributed by atoms with Gasteiger partial charge in [0.25, 0.3) is 0 Å². The van der Waals surface area contributed by atoms with Crippen molar-refractivity contribution in [2.45, 2.75) is 32.9 Å². The Kier molecular flexibility index (Phi) is 7.28. The highest BCUT2D eigenvalue weighted by molar-refractivity contribution is 5.85. The molecule has 0 aromatic heterocycles. The zero-order valence-electron chi connectivity index (χ0n) is 10.2. The Hall–Kier alpha value is -1.30. The first-order valence-corrected chi connectivity index (χ1v) is 5.21. The van der Waals surface area contributed by atoms with E-state index in [0.717, 1.165) is 0 Å². The number of rotatable bonds is 6. The fourth-order valence-corrected chi connectivity index (χ4v) is 0.920. The summed E-state index contributed by atoms with van der Waals surface area (Å²) < 4.78 is 9.62. The number of methoxy groups -OCH3 is 1. The minimum Gasteiger partial charge on any atom is -0.447 e. The number of hydrogen-bond donors (Lipinski definition) is 2. The van der Waals surface area contributed by atoms with Gasteiger partial charge in [-0.1, -0.05) is 0 Å². The maximum Gasteiger partial charge on any atom is 0.408 e. The van der Waals surface area contributed by atoms with Crippen molar-refractivity contribution in [1.29, 1.82) is 0 Å². The topological polar surface area (TPSA) is 76.7 Å². The van der Waals surface area contributed by atoms with E-state index in [1.807, 2.05) is 0 Å². The molecule has 0 saturated heterocycles. The molecule has 0 heterocycles. The van der Waals surface area contributed by atoms with Crippen molar-refractivity contribution >= 4 is 12.0 Å². The van der Waals surface area contributed by atoms with Crippen LogP contribution in [0.15, 0.2) is 0 Å². The van der Waals surface area contributed by atoms with Gasteiger partial charge in [0.2, 0.25) is 5.91 Å². The van der Waals surface area contributed by atoms with Crippen LogP contribution in [0.4, 0.5) is 4.79 Å². The molecule has 0 radical (unpaired) electrons. The van der Waals surface area contributed by atoms with Crippen molar-refractivity contribution < 1.29 is 19.1 Å². The summed E-state index contributed by atoms with van der Waals surface area (Å²) in [5, 5.41) is 5.03. The summed E-state index contributed by atoms with van der Waals surface area (Å²) in [6.07, 6.45) is -0.798. The molecule has 94 valence electrons. The molecule has 6 nitrogen and oxygen atoms in total. The van der Waals surface area contributed by atoms with Gasteiger partial charge in [0.1, 0.15) is 6.04 Å². The molecule has 1 atom stereocenters. The minimum absolute atomic E-state index is 0.205. The van der Waals surface area contributed by atoms with Gasteiger partial charge in [-0.3, -0.25) is 4.79 Å². The van der Waals surface area contributed by atoms with Crippen LogP contribution >= 0.6 is 0 Å². The zero-order valence-corrected chi connectivity index (χ0v) is 10.2. The average molecular weight is 232 g/mol. The van der Waals surface area contributed by atoms with Crippen molar-refractivity contribution in [2.24, 2.45) is 0 Å². The fourth-order valence-electron chi connectivity index (χ4n) is 0.920. The molecule has 0 spiro atoms. The normalized spacial score (nSPS) is 12.1. The Bertz CT molecular complexity index is 231. The molecule has 0 aliphatic rings. The van der Waals surface area contributed by atoms with Crippen LogP contribution in [0, 0.1) is 0 Å². The molecule has 2 amide bonds. The number of nitrogens with one attached hydrogen (secondary N) is 2. The first-order valence-electron chi connectivity index (χ1n) is 5.21. The van der Waals surface area contributed by atoms with Crippen LogP contribution in [0.3, 0.4) is 0 Å². The Morgan fingerprint density at radius 1 is 1.25 bits per heavy atom. The van der Waals surface area contributed by atoms with Crippen molar-refractivity contribution in [2.75, 3.05) is 20.3 Å². The second-order valence-electron chi connectivity index (χ2n) is 3.60. The maximum absolute atomic E-state index is 11.4. The summed E-state index contributed by atoms with van der Waals surface area (Å²) in [5.74, 6) is -0.266. The van der Waals surface area contributed by atoms with E-state index in [4.69, 9.17) is 9.47 Å². The predicted molar refractivity (Wildman–Crippen MR) is 59.1 cm³/mol. The summed E-state index contributed by atoms with van der Waals surface area (Å²) >= 11 is 0. The molecule has 6 heteroatoms. The number of carbonyl (C=O) groups is 2. The third-order valence-electron chi connectivity index (χ3n) is 1.68. The van der Waals surface area contributed by atoms with Gasteiger partial charge in [-0.05, 0) is 20.8 Å². The second-order valence-corrected chi connectivity index (χ2v) is 3.60. The van der Waals surface area contributed by atoms with E-state index in [1.165, 1.54) is 0 Å². The van der Waals surface area contributed by atoms with Gasteiger partial charge in [-0.25, -0.2) is 4.79 Å². The molecule has 0 saturated carbocycles. The van der Waals surface area contributed by atoms with E-state index >= 15 is 0 Å². The summed E-state index contributed by atoms with van der Waals surface area (Å²) in [6.45, 7) is 5.92. The molecule has 0 aliphatic carbocycles. The van der Waals surface area contributed by atoms with Crippen LogP contribution < -0.4 is 10.6 Å². The van der Waals surface area contributed by atoms with Crippen LogP contribution in [-0.2, 0) is 14.3 Å². The molecule has 0 aliphatic heterocycles. The Morgan fingerprint density at radius 3 is 2.38 bits per heavy atom. The Balaban J connectivity index is 3.81. The Morgan fingerprint density at radius 2 is 1.88 bits per heavy atom. The van der Waals surface area contributed by atoms with Gasteiger partial charge >= 0.3 is 6.09 Å². The van der Waals surface area contributed by atoms with Crippen molar-refractivity contribution in [3.8, 4) is 0 Å². The maximum atomic E-state index is 11.4. The molecule has 0 aromatic rings. The van der Waals surface area contributed by atoms with E-state index < -0.39 is 12.1 Å². The summed E-state index contributed by atoms with van der Waals surface area (Å²) in [7, 11) is 1.55. The van der Waals surface area contributed by atoms with Crippen LogP contribution in [0.2, 0.25) is 0 Å². The van der Waals surface area contributed by atoms with E-state index in [0.29, 0.717) is 13.2 Å². The van der Waals surface area contributed by atoms with E-state index in [2.05, 4.69) is 10.6 Å². The van der Waals surface area contributed by atoms with Crippen LogP contribution in [-0.4, -0.2) is 44.4 Å². The zero-order chi connectivity index (χ0) is 12.6. The summed E-state index contributed by atoms with van der Waals surface area (Å²) in [5.41, 5.74) is 0. The number of alkyl carbamates (subject to hydrolysis) is 1. The molecular weight excluding hydrogens is 212 g/mol. The molecular formula is C10H20N2O4. The SMILES string of the molecule is COCCNC(=O)C(C)NC(=O)OC(C)C. The highest BCUT2D eigenvalue weighted by atomic mass is 16.6. The van der Waals surface area contributed by atoms with Crippen LogP contribution in [0.5, 0.6) is 0 Å². The van der Waals surface area contributed by atoms with E-state index in [-0.39, 0.29) is 12.0 Å². The molecule has 1 unspecified atom stereocenters. The van der Waals surface area contributed by atoms with Crippen molar-refractivity contribution in [1.82, 2.24) is 10.6 Å². The fraction of sp³-hybridized carbons (Fsp3) is 0.800. The van der Waals surface area contributed by atoms with Crippen LogP contribution in [0.25, 0.3) is 0 Å². The second kappa shape index (κ2) is 7.92. The Labute approximate surface area is 95.7 Å². The number of amides is 2. The molecule has 0 bridgehead atoms. The molecule has 0 aromatic carbocycles. The number of carbonyl (C=O) groups excluding carboxylic acids is 2. The predicted octanol–water partition coefficient (Wildman–Crippen LogP) is 0.272. The first-order chi connectivity index (χ1) is 7.47. The van der Waals surface area contributed by atoms with Crippen molar-refractivity contribution in [3.05, 3.63) is 0 Å². The number of ether oxygens (including phenoxy) is 2. The minimum atomic E-state index is -0.622. The summed E-state index contributed by atoms with van der Waals surface area (Å²) in [6, 6.07) is -0.622.